The molecule has 0 atom stereocenters. The second-order valence-corrected chi connectivity index (χ2v) is 5.90. The molecule has 0 amide bonds. The van der Waals surface area contributed by atoms with Gasteiger partial charge in [0.2, 0.25) is 0 Å². The van der Waals surface area contributed by atoms with Gasteiger partial charge >= 0.3 is 0 Å². The second-order valence-electron chi connectivity index (χ2n) is 5.90. The van der Waals surface area contributed by atoms with Crippen molar-refractivity contribution in [3.63, 3.8) is 0 Å². The first kappa shape index (κ1) is 12.9. The maximum absolute atomic E-state index is 10.5. The van der Waals surface area contributed by atoms with Crippen LogP contribution in [0.25, 0.3) is 0 Å². The zero-order valence-corrected chi connectivity index (χ0v) is 11.0. The normalized spacial score (nSPS) is 34.9. The molecule has 1 aliphatic heterocycles. The van der Waals surface area contributed by atoms with Gasteiger partial charge in [0.1, 0.15) is 0 Å². The third-order valence-electron chi connectivity index (χ3n) is 4.20. The topological polar surface area (TPSA) is 44.6 Å². The Morgan fingerprint density at radius 2 is 2.06 bits per heavy atom. The van der Waals surface area contributed by atoms with Crippen molar-refractivity contribution in [3.05, 3.63) is 0 Å². The predicted octanol–water partition coefficient (Wildman–Crippen LogP) is 2.49. The van der Waals surface area contributed by atoms with E-state index >= 15 is 0 Å². The Morgan fingerprint density at radius 3 is 2.82 bits per heavy atom. The summed E-state index contributed by atoms with van der Waals surface area (Å²) in [5, 5.41) is 13.9. The summed E-state index contributed by atoms with van der Waals surface area (Å²) in [6.07, 6.45) is 9.00. The lowest BCUT2D eigenvalue weighted by Crippen LogP contribution is -2.45. The van der Waals surface area contributed by atoms with Crippen molar-refractivity contribution in [3.8, 4) is 0 Å². The van der Waals surface area contributed by atoms with Gasteiger partial charge in [0, 0.05) is 19.5 Å². The molecule has 1 heterocycles. The van der Waals surface area contributed by atoms with Crippen LogP contribution < -0.4 is 5.32 Å². The van der Waals surface area contributed by atoms with Crippen LogP contribution in [-0.4, -0.2) is 29.6 Å². The third kappa shape index (κ3) is 3.98. The van der Waals surface area contributed by atoms with Crippen molar-refractivity contribution in [2.24, 2.45) is 10.9 Å². The molecule has 2 N–H and O–H groups in total. The van der Waals surface area contributed by atoms with Crippen molar-refractivity contribution >= 4 is 5.84 Å². The van der Waals surface area contributed by atoms with Gasteiger partial charge in [-0.2, -0.15) is 0 Å². The molecular formula is C14H26N2O. The fraction of sp³-hybridized carbons (Fsp3) is 0.929. The maximum atomic E-state index is 10.5. The number of rotatable bonds is 2. The molecule has 0 unspecified atom stereocenters. The van der Waals surface area contributed by atoms with E-state index in [1.165, 1.54) is 19.3 Å². The van der Waals surface area contributed by atoms with Crippen LogP contribution in [0.2, 0.25) is 0 Å². The monoisotopic (exact) mass is 238 g/mol. The summed E-state index contributed by atoms with van der Waals surface area (Å²) in [6, 6.07) is 0. The summed E-state index contributed by atoms with van der Waals surface area (Å²) in [4.78, 5) is 4.55. The number of hydrogen-bond acceptors (Lipinski definition) is 3. The number of aliphatic imine (C=N–C) groups is 1. The van der Waals surface area contributed by atoms with E-state index in [9.17, 15) is 5.11 Å². The lowest BCUT2D eigenvalue weighted by atomic mass is 9.79. The van der Waals surface area contributed by atoms with E-state index in [0.717, 1.165) is 50.4 Å². The fourth-order valence-corrected chi connectivity index (χ4v) is 2.76. The summed E-state index contributed by atoms with van der Waals surface area (Å²) in [5.74, 6) is 1.90. The minimum absolute atomic E-state index is 0.485. The molecule has 17 heavy (non-hydrogen) atoms. The minimum atomic E-state index is -0.485. The standard InChI is InChI=1S/C14H26N2O/c1-12-6-8-14(17,9-7-12)11-16-13-5-3-2-4-10-15-13/h12,17H,2-11H2,1H3,(H,15,16). The Hall–Kier alpha value is -0.570. The first-order chi connectivity index (χ1) is 8.18. The van der Waals surface area contributed by atoms with E-state index in [2.05, 4.69) is 17.2 Å². The maximum Gasteiger partial charge on any atom is 0.0964 e. The van der Waals surface area contributed by atoms with Gasteiger partial charge in [-0.05, 0) is 44.4 Å². The molecule has 0 aromatic heterocycles. The molecular weight excluding hydrogens is 212 g/mol. The molecule has 1 fully saturated rings. The van der Waals surface area contributed by atoms with Crippen LogP contribution in [0.5, 0.6) is 0 Å². The van der Waals surface area contributed by atoms with Crippen LogP contribution >= 0.6 is 0 Å². The number of hydrogen-bond donors (Lipinski definition) is 2. The molecule has 2 aliphatic rings. The van der Waals surface area contributed by atoms with Gasteiger partial charge in [-0.3, -0.25) is 4.99 Å². The van der Waals surface area contributed by atoms with E-state index in [0.29, 0.717) is 6.54 Å². The van der Waals surface area contributed by atoms with Crippen molar-refractivity contribution in [2.75, 3.05) is 13.1 Å². The quantitative estimate of drug-likeness (QED) is 0.776. The van der Waals surface area contributed by atoms with E-state index in [1.807, 2.05) is 0 Å². The Bertz CT molecular complexity index is 267. The summed E-state index contributed by atoms with van der Waals surface area (Å²) < 4.78 is 0. The average Bonchev–Trinajstić information content (AvgIpc) is 2.60. The molecule has 3 heteroatoms. The Morgan fingerprint density at radius 1 is 1.29 bits per heavy atom. The zero-order chi connectivity index (χ0) is 12.1. The molecule has 0 radical (unpaired) electrons. The average molecular weight is 238 g/mol. The molecule has 0 aromatic carbocycles. The van der Waals surface area contributed by atoms with Gasteiger partial charge in [0.05, 0.1) is 11.4 Å². The highest BCUT2D eigenvalue weighted by molar-refractivity contribution is 5.82. The Labute approximate surface area is 105 Å². The minimum Gasteiger partial charge on any atom is -0.388 e. The molecule has 2 rings (SSSR count). The van der Waals surface area contributed by atoms with Crippen molar-refractivity contribution in [1.29, 1.82) is 0 Å². The summed E-state index contributed by atoms with van der Waals surface area (Å²) in [6.45, 7) is 3.93. The van der Waals surface area contributed by atoms with Crippen LogP contribution in [0, 0.1) is 5.92 Å². The number of nitrogens with zero attached hydrogens (tertiary/aromatic N) is 1. The van der Waals surface area contributed by atoms with Gasteiger partial charge in [-0.1, -0.05) is 13.3 Å². The third-order valence-corrected chi connectivity index (χ3v) is 4.20. The summed E-state index contributed by atoms with van der Waals surface area (Å²) >= 11 is 0. The van der Waals surface area contributed by atoms with Crippen molar-refractivity contribution < 1.29 is 5.11 Å². The van der Waals surface area contributed by atoms with E-state index in [4.69, 9.17) is 0 Å². The smallest absolute Gasteiger partial charge is 0.0964 e. The summed E-state index contributed by atoms with van der Waals surface area (Å²) in [7, 11) is 0. The molecule has 0 bridgehead atoms. The molecule has 3 nitrogen and oxygen atoms in total. The highest BCUT2D eigenvalue weighted by atomic mass is 16.3. The number of aliphatic hydroxyl groups is 1. The molecule has 1 aliphatic carbocycles. The Balaban J connectivity index is 1.78. The largest absolute Gasteiger partial charge is 0.388 e. The van der Waals surface area contributed by atoms with Crippen LogP contribution in [0.4, 0.5) is 0 Å². The van der Waals surface area contributed by atoms with Gasteiger partial charge in [0.25, 0.3) is 0 Å². The predicted molar refractivity (Wildman–Crippen MR) is 71.4 cm³/mol. The SMILES string of the molecule is CC1CCC(O)(CNC2=NCCCCC2)CC1. The molecule has 98 valence electrons. The lowest BCUT2D eigenvalue weighted by molar-refractivity contribution is -0.00257. The molecule has 0 aromatic rings. The first-order valence-electron chi connectivity index (χ1n) is 7.18. The zero-order valence-electron chi connectivity index (χ0n) is 11.0. The van der Waals surface area contributed by atoms with E-state index in [-0.39, 0.29) is 0 Å². The highest BCUT2D eigenvalue weighted by Gasteiger charge is 2.31. The molecule has 0 spiro atoms. The van der Waals surface area contributed by atoms with E-state index in [1.54, 1.807) is 0 Å². The highest BCUT2D eigenvalue weighted by Crippen LogP contribution is 2.31. The number of nitrogens with one attached hydrogen (secondary N) is 1. The number of amidine groups is 1. The van der Waals surface area contributed by atoms with Gasteiger partial charge in [-0.25, -0.2) is 0 Å². The van der Waals surface area contributed by atoms with Crippen LogP contribution in [0.3, 0.4) is 0 Å². The lowest BCUT2D eigenvalue weighted by Gasteiger charge is -2.35. The van der Waals surface area contributed by atoms with Crippen LogP contribution in [0.1, 0.15) is 58.3 Å². The van der Waals surface area contributed by atoms with Crippen molar-refractivity contribution in [1.82, 2.24) is 5.32 Å². The Kier molecular flexibility index (Phi) is 4.43. The van der Waals surface area contributed by atoms with Gasteiger partial charge in [-0.15, -0.1) is 0 Å². The molecule has 1 saturated carbocycles. The van der Waals surface area contributed by atoms with Crippen LogP contribution in [0.15, 0.2) is 4.99 Å². The fourth-order valence-electron chi connectivity index (χ4n) is 2.76. The van der Waals surface area contributed by atoms with E-state index < -0.39 is 5.60 Å². The first-order valence-corrected chi connectivity index (χ1v) is 7.18. The van der Waals surface area contributed by atoms with Gasteiger partial charge < -0.3 is 10.4 Å². The van der Waals surface area contributed by atoms with Gasteiger partial charge in [0.15, 0.2) is 0 Å². The van der Waals surface area contributed by atoms with Crippen molar-refractivity contribution in [2.45, 2.75) is 63.9 Å². The van der Waals surface area contributed by atoms with Crippen LogP contribution in [-0.2, 0) is 0 Å². The second kappa shape index (κ2) is 5.85. The summed E-state index contributed by atoms with van der Waals surface area (Å²) in [5.41, 5.74) is -0.485. The molecule has 0 saturated heterocycles.